The highest BCUT2D eigenvalue weighted by atomic mass is 16.6. The van der Waals surface area contributed by atoms with Crippen molar-refractivity contribution in [3.8, 4) is 0 Å². The molecule has 1 aliphatic rings. The Labute approximate surface area is 96.6 Å². The van der Waals surface area contributed by atoms with Crippen molar-refractivity contribution in [2.75, 3.05) is 11.4 Å². The molecule has 0 saturated carbocycles. The summed E-state index contributed by atoms with van der Waals surface area (Å²) in [5.41, 5.74) is 0. The van der Waals surface area contributed by atoms with Gasteiger partial charge in [0.05, 0.1) is 0 Å². The second-order valence-electron chi connectivity index (χ2n) is 3.95. The van der Waals surface area contributed by atoms with Crippen LogP contribution in [0.2, 0.25) is 0 Å². The van der Waals surface area contributed by atoms with Crippen LogP contribution in [-0.2, 0) is 11.8 Å². The monoisotopic (exact) mass is 240 g/mol. The maximum absolute atomic E-state index is 11.1. The lowest BCUT2D eigenvalue weighted by Gasteiger charge is -2.22. The number of hydrogen-bond donors (Lipinski definition) is 1. The van der Waals surface area contributed by atoms with Crippen molar-refractivity contribution in [2.24, 2.45) is 7.05 Å². The van der Waals surface area contributed by atoms with Crippen molar-refractivity contribution in [1.29, 1.82) is 0 Å². The van der Waals surface area contributed by atoms with Crippen LogP contribution in [0, 0.1) is 10.1 Å². The normalized spacial score (nSPS) is 19.6. The first-order valence-electron chi connectivity index (χ1n) is 5.17. The number of anilines is 1. The summed E-state index contributed by atoms with van der Waals surface area (Å²) >= 11 is 0. The molecule has 0 radical (unpaired) electrons. The predicted molar refractivity (Wildman–Crippen MR) is 57.9 cm³/mol. The summed E-state index contributed by atoms with van der Waals surface area (Å²) < 4.78 is 1.49. The first-order valence-corrected chi connectivity index (χ1v) is 5.17. The highest BCUT2D eigenvalue weighted by Gasteiger charge is 2.37. The molecule has 1 aliphatic heterocycles. The minimum Gasteiger partial charge on any atom is -0.480 e. The molecule has 8 heteroatoms. The Morgan fingerprint density at radius 1 is 1.71 bits per heavy atom. The van der Waals surface area contributed by atoms with Crippen molar-refractivity contribution in [3.63, 3.8) is 0 Å². The number of nitro groups is 1. The van der Waals surface area contributed by atoms with Gasteiger partial charge in [-0.1, -0.05) is 0 Å². The third kappa shape index (κ3) is 1.81. The SMILES string of the molecule is Cn1cnc([N+](=O)[O-])c1N1CCCC1C(=O)O. The third-order valence-corrected chi connectivity index (χ3v) is 2.87. The molecule has 2 rings (SSSR count). The fraction of sp³-hybridized carbons (Fsp3) is 0.556. The zero-order valence-corrected chi connectivity index (χ0v) is 9.24. The lowest BCUT2D eigenvalue weighted by atomic mass is 10.2. The topological polar surface area (TPSA) is 101 Å². The molecule has 8 nitrogen and oxygen atoms in total. The maximum Gasteiger partial charge on any atom is 0.406 e. The Kier molecular flexibility index (Phi) is 2.70. The van der Waals surface area contributed by atoms with Gasteiger partial charge in [0.25, 0.3) is 0 Å². The van der Waals surface area contributed by atoms with E-state index in [1.165, 1.54) is 15.8 Å². The van der Waals surface area contributed by atoms with Gasteiger partial charge in [-0.2, -0.15) is 0 Å². The molecule has 0 amide bonds. The molecule has 0 aliphatic carbocycles. The van der Waals surface area contributed by atoms with Gasteiger partial charge in [-0.05, 0) is 22.7 Å². The van der Waals surface area contributed by atoms with E-state index in [0.717, 1.165) is 0 Å². The number of carboxylic acids is 1. The number of aromatic nitrogens is 2. The number of hydrogen-bond acceptors (Lipinski definition) is 5. The molecule has 0 aromatic carbocycles. The summed E-state index contributed by atoms with van der Waals surface area (Å²) in [5.74, 6) is -0.987. The van der Waals surface area contributed by atoms with Crippen molar-refractivity contribution in [2.45, 2.75) is 18.9 Å². The first kappa shape index (κ1) is 11.4. The molecular weight excluding hydrogens is 228 g/mol. The lowest BCUT2D eigenvalue weighted by Crippen LogP contribution is -2.37. The molecule has 92 valence electrons. The Morgan fingerprint density at radius 2 is 2.41 bits per heavy atom. The van der Waals surface area contributed by atoms with Crippen LogP contribution in [0.5, 0.6) is 0 Å². The number of imidazole rings is 1. The highest BCUT2D eigenvalue weighted by molar-refractivity contribution is 5.79. The van der Waals surface area contributed by atoms with Gasteiger partial charge < -0.3 is 20.1 Å². The minimum absolute atomic E-state index is 0.264. The standard InChI is InChI=1S/C9H12N4O4/c1-11-5-10-7(13(16)17)8(11)12-4-2-3-6(12)9(14)15/h5-6H,2-4H2,1H3,(H,14,15). The number of rotatable bonds is 3. The molecular formula is C9H12N4O4. The van der Waals surface area contributed by atoms with Crippen LogP contribution in [0.1, 0.15) is 12.8 Å². The maximum atomic E-state index is 11.1. The molecule has 1 saturated heterocycles. The van der Waals surface area contributed by atoms with E-state index in [4.69, 9.17) is 5.11 Å². The lowest BCUT2D eigenvalue weighted by molar-refractivity contribution is -0.388. The first-order chi connectivity index (χ1) is 8.02. The molecule has 1 aromatic rings. The van der Waals surface area contributed by atoms with Crippen LogP contribution >= 0.6 is 0 Å². The van der Waals surface area contributed by atoms with Crippen LogP contribution < -0.4 is 4.90 Å². The number of aliphatic carboxylic acids is 1. The van der Waals surface area contributed by atoms with E-state index in [1.54, 1.807) is 7.05 Å². The molecule has 1 atom stereocenters. The van der Waals surface area contributed by atoms with Crippen LogP contribution in [0.25, 0.3) is 0 Å². The average Bonchev–Trinajstić information content (AvgIpc) is 2.82. The van der Waals surface area contributed by atoms with Crippen LogP contribution in [0.3, 0.4) is 0 Å². The van der Waals surface area contributed by atoms with Crippen molar-refractivity contribution in [1.82, 2.24) is 9.55 Å². The van der Waals surface area contributed by atoms with Gasteiger partial charge in [0.15, 0.2) is 0 Å². The fourth-order valence-electron chi connectivity index (χ4n) is 2.15. The summed E-state index contributed by atoms with van der Waals surface area (Å²) in [6.07, 6.45) is 2.53. The van der Waals surface area contributed by atoms with Crippen molar-refractivity contribution in [3.05, 3.63) is 16.4 Å². The number of nitrogens with zero attached hydrogens (tertiary/aromatic N) is 4. The van der Waals surface area contributed by atoms with E-state index in [-0.39, 0.29) is 11.6 Å². The summed E-state index contributed by atoms with van der Waals surface area (Å²) in [4.78, 5) is 26.5. The second kappa shape index (κ2) is 4.04. The molecule has 1 unspecified atom stereocenters. The summed E-state index contributed by atoms with van der Waals surface area (Å²) in [6, 6.07) is -0.705. The van der Waals surface area contributed by atoms with E-state index in [0.29, 0.717) is 19.4 Å². The number of aryl methyl sites for hydroxylation is 1. The van der Waals surface area contributed by atoms with E-state index in [2.05, 4.69) is 4.98 Å². The average molecular weight is 240 g/mol. The fourth-order valence-corrected chi connectivity index (χ4v) is 2.15. The van der Waals surface area contributed by atoms with Crippen molar-refractivity contribution >= 4 is 17.6 Å². The molecule has 0 spiro atoms. The second-order valence-corrected chi connectivity index (χ2v) is 3.95. The van der Waals surface area contributed by atoms with E-state index in [9.17, 15) is 14.9 Å². The minimum atomic E-state index is -0.960. The van der Waals surface area contributed by atoms with Gasteiger partial charge in [-0.15, -0.1) is 0 Å². The smallest absolute Gasteiger partial charge is 0.406 e. The molecule has 1 N–H and O–H groups in total. The van der Waals surface area contributed by atoms with Gasteiger partial charge in [-0.25, -0.2) is 4.79 Å². The van der Waals surface area contributed by atoms with Gasteiger partial charge in [0.1, 0.15) is 6.04 Å². The molecule has 17 heavy (non-hydrogen) atoms. The molecule has 0 bridgehead atoms. The van der Waals surface area contributed by atoms with Crippen LogP contribution in [0.15, 0.2) is 6.33 Å². The van der Waals surface area contributed by atoms with Gasteiger partial charge in [-0.3, -0.25) is 4.57 Å². The quantitative estimate of drug-likeness (QED) is 0.605. The number of carbonyl (C=O) groups is 1. The third-order valence-electron chi connectivity index (χ3n) is 2.87. The number of carboxylic acid groups (broad SMARTS) is 1. The van der Waals surface area contributed by atoms with E-state index >= 15 is 0 Å². The summed E-state index contributed by atoms with van der Waals surface area (Å²) in [5, 5.41) is 19.9. The van der Waals surface area contributed by atoms with Crippen molar-refractivity contribution < 1.29 is 14.8 Å². The zero-order chi connectivity index (χ0) is 12.6. The van der Waals surface area contributed by atoms with Gasteiger partial charge in [0, 0.05) is 13.6 Å². The van der Waals surface area contributed by atoms with E-state index in [1.807, 2.05) is 0 Å². The summed E-state index contributed by atoms with van der Waals surface area (Å²) in [7, 11) is 1.62. The summed E-state index contributed by atoms with van der Waals surface area (Å²) in [6.45, 7) is 0.497. The predicted octanol–water partition coefficient (Wildman–Crippen LogP) is 0.382. The molecule has 1 fully saturated rings. The Balaban J connectivity index is 2.42. The van der Waals surface area contributed by atoms with Gasteiger partial charge in [0.2, 0.25) is 12.1 Å². The molecule has 1 aromatic heterocycles. The Morgan fingerprint density at radius 3 is 3.00 bits per heavy atom. The Bertz CT molecular complexity index is 470. The Hall–Kier alpha value is -2.12. The zero-order valence-electron chi connectivity index (χ0n) is 9.24. The van der Waals surface area contributed by atoms with Crippen LogP contribution in [-0.4, -0.2) is 38.1 Å². The van der Waals surface area contributed by atoms with E-state index < -0.39 is 16.9 Å². The largest absolute Gasteiger partial charge is 0.480 e. The van der Waals surface area contributed by atoms with Gasteiger partial charge >= 0.3 is 11.8 Å². The molecule has 2 heterocycles. The highest BCUT2D eigenvalue weighted by Crippen LogP contribution is 2.32. The van der Waals surface area contributed by atoms with Crippen LogP contribution in [0.4, 0.5) is 11.6 Å².